The molecule has 1 nitrogen and oxygen atoms in total. The molecule has 1 aromatic rings. The second kappa shape index (κ2) is 4.02. The first-order valence-electron chi connectivity index (χ1n) is 4.98. The van der Waals surface area contributed by atoms with Crippen LogP contribution < -0.4 is 0 Å². The van der Waals surface area contributed by atoms with Crippen LogP contribution in [0, 0.1) is 11.3 Å². The number of fused-ring (bicyclic) bond motifs is 1. The number of nitrogens with zero attached hydrogens (tertiary/aromatic N) is 1. The maximum absolute atomic E-state index is 8.62. The Morgan fingerprint density at radius 1 is 1.29 bits per heavy atom. The van der Waals surface area contributed by atoms with Crippen molar-refractivity contribution < 1.29 is 0 Å². The number of hydrogen-bond donors (Lipinski definition) is 0. The van der Waals surface area contributed by atoms with E-state index in [9.17, 15) is 0 Å². The fourth-order valence-electron chi connectivity index (χ4n) is 2.07. The molecular weight excluding hydrogens is 194 g/mol. The van der Waals surface area contributed by atoms with E-state index in [1.807, 2.05) is 6.07 Å². The standard InChI is InChI=1S/C12H12ClN/c13-12-8-9(5-6-14)7-10-3-1-2-4-11(10)12/h7-8H,1-5H2. The first-order valence-corrected chi connectivity index (χ1v) is 5.36. The van der Waals surface area contributed by atoms with Crippen LogP contribution in [0.2, 0.25) is 5.02 Å². The first kappa shape index (κ1) is 9.55. The van der Waals surface area contributed by atoms with Crippen LogP contribution in [0.1, 0.15) is 29.5 Å². The Morgan fingerprint density at radius 3 is 2.86 bits per heavy atom. The number of hydrogen-bond acceptors (Lipinski definition) is 1. The van der Waals surface area contributed by atoms with Gasteiger partial charge in [0.05, 0.1) is 12.5 Å². The van der Waals surface area contributed by atoms with Gasteiger partial charge in [0.25, 0.3) is 0 Å². The second-order valence-corrected chi connectivity index (χ2v) is 4.16. The van der Waals surface area contributed by atoms with Crippen LogP contribution in [0.15, 0.2) is 12.1 Å². The normalized spacial score (nSPS) is 14.6. The highest BCUT2D eigenvalue weighted by Crippen LogP contribution is 2.29. The summed E-state index contributed by atoms with van der Waals surface area (Å²) in [6.07, 6.45) is 5.17. The van der Waals surface area contributed by atoms with Gasteiger partial charge >= 0.3 is 0 Å². The molecule has 1 aromatic carbocycles. The molecule has 2 rings (SSSR count). The molecule has 1 aliphatic rings. The number of halogens is 1. The summed E-state index contributed by atoms with van der Waals surface area (Å²) in [4.78, 5) is 0. The molecule has 0 saturated heterocycles. The van der Waals surface area contributed by atoms with Crippen molar-refractivity contribution in [3.05, 3.63) is 33.8 Å². The van der Waals surface area contributed by atoms with E-state index in [-0.39, 0.29) is 0 Å². The van der Waals surface area contributed by atoms with Gasteiger partial charge in [-0.2, -0.15) is 5.26 Å². The molecule has 0 heterocycles. The highest BCUT2D eigenvalue weighted by Gasteiger charge is 2.13. The Labute approximate surface area is 89.3 Å². The molecule has 14 heavy (non-hydrogen) atoms. The highest BCUT2D eigenvalue weighted by molar-refractivity contribution is 6.31. The number of rotatable bonds is 1. The lowest BCUT2D eigenvalue weighted by Gasteiger charge is -2.17. The van der Waals surface area contributed by atoms with Gasteiger partial charge in [-0.15, -0.1) is 0 Å². The lowest BCUT2D eigenvalue weighted by atomic mass is 9.90. The highest BCUT2D eigenvalue weighted by atomic mass is 35.5. The van der Waals surface area contributed by atoms with Crippen molar-refractivity contribution in [3.63, 3.8) is 0 Å². The average molecular weight is 206 g/mol. The van der Waals surface area contributed by atoms with E-state index in [0.717, 1.165) is 23.4 Å². The zero-order valence-electron chi connectivity index (χ0n) is 8.02. The van der Waals surface area contributed by atoms with E-state index in [1.54, 1.807) is 0 Å². The Morgan fingerprint density at radius 2 is 2.07 bits per heavy atom. The zero-order chi connectivity index (χ0) is 9.97. The van der Waals surface area contributed by atoms with Crippen molar-refractivity contribution in [3.8, 4) is 6.07 Å². The van der Waals surface area contributed by atoms with Gasteiger partial charge in [-0.1, -0.05) is 17.7 Å². The Bertz CT molecular complexity index is 390. The minimum atomic E-state index is 0.465. The average Bonchev–Trinajstić information content (AvgIpc) is 2.18. The van der Waals surface area contributed by atoms with Crippen molar-refractivity contribution in [2.75, 3.05) is 0 Å². The molecule has 72 valence electrons. The molecule has 0 fully saturated rings. The molecule has 0 atom stereocenters. The van der Waals surface area contributed by atoms with E-state index in [2.05, 4.69) is 12.1 Å². The summed E-state index contributed by atoms with van der Waals surface area (Å²) in [5, 5.41) is 9.48. The van der Waals surface area contributed by atoms with Crippen LogP contribution in [0.4, 0.5) is 0 Å². The van der Waals surface area contributed by atoms with Crippen LogP contribution in [-0.2, 0) is 19.3 Å². The SMILES string of the molecule is N#CCc1cc(Cl)c2c(c1)CCCC2. The largest absolute Gasteiger partial charge is 0.198 e. The fraction of sp³-hybridized carbons (Fsp3) is 0.417. The molecule has 0 aromatic heterocycles. The third-order valence-corrected chi connectivity index (χ3v) is 3.09. The van der Waals surface area contributed by atoms with Gasteiger partial charge in [0, 0.05) is 5.02 Å². The lowest BCUT2D eigenvalue weighted by molar-refractivity contribution is 0.685. The van der Waals surface area contributed by atoms with Crippen LogP contribution >= 0.6 is 11.6 Å². The van der Waals surface area contributed by atoms with E-state index in [1.165, 1.54) is 24.0 Å². The van der Waals surface area contributed by atoms with Gasteiger partial charge in [-0.05, 0) is 48.4 Å². The summed E-state index contributed by atoms with van der Waals surface area (Å²) in [7, 11) is 0. The number of benzene rings is 1. The summed E-state index contributed by atoms with van der Waals surface area (Å²) >= 11 is 6.17. The first-order chi connectivity index (χ1) is 6.81. The van der Waals surface area contributed by atoms with Crippen molar-refractivity contribution in [1.82, 2.24) is 0 Å². The smallest absolute Gasteiger partial charge is 0.0669 e. The second-order valence-electron chi connectivity index (χ2n) is 3.76. The van der Waals surface area contributed by atoms with Crippen molar-refractivity contribution >= 4 is 11.6 Å². The molecule has 0 spiro atoms. The van der Waals surface area contributed by atoms with Gasteiger partial charge in [-0.3, -0.25) is 0 Å². The summed E-state index contributed by atoms with van der Waals surface area (Å²) in [5.74, 6) is 0. The Hall–Kier alpha value is -1.00. The van der Waals surface area contributed by atoms with Crippen LogP contribution in [0.25, 0.3) is 0 Å². The Kier molecular flexibility index (Phi) is 2.74. The summed E-state index contributed by atoms with van der Waals surface area (Å²) in [6, 6.07) is 6.24. The minimum Gasteiger partial charge on any atom is -0.198 e. The molecule has 0 radical (unpaired) electrons. The lowest BCUT2D eigenvalue weighted by Crippen LogP contribution is -2.04. The molecule has 0 amide bonds. The molecule has 0 N–H and O–H groups in total. The fourth-order valence-corrected chi connectivity index (χ4v) is 2.43. The maximum atomic E-state index is 8.62. The predicted octanol–water partition coefficient (Wildman–Crippen LogP) is 3.28. The van der Waals surface area contributed by atoms with E-state index >= 15 is 0 Å². The monoisotopic (exact) mass is 205 g/mol. The minimum absolute atomic E-state index is 0.465. The van der Waals surface area contributed by atoms with Gasteiger partial charge in [0.2, 0.25) is 0 Å². The summed E-state index contributed by atoms with van der Waals surface area (Å²) in [6.45, 7) is 0. The molecule has 2 heteroatoms. The number of nitriles is 1. The molecule has 0 saturated carbocycles. The van der Waals surface area contributed by atoms with E-state index < -0.39 is 0 Å². The maximum Gasteiger partial charge on any atom is 0.0669 e. The van der Waals surface area contributed by atoms with Gasteiger partial charge < -0.3 is 0 Å². The van der Waals surface area contributed by atoms with Gasteiger partial charge in [-0.25, -0.2) is 0 Å². The summed E-state index contributed by atoms with van der Waals surface area (Å²) in [5.41, 5.74) is 3.71. The summed E-state index contributed by atoms with van der Waals surface area (Å²) < 4.78 is 0. The van der Waals surface area contributed by atoms with Crippen molar-refractivity contribution in [2.24, 2.45) is 0 Å². The van der Waals surface area contributed by atoms with Gasteiger partial charge in [0.1, 0.15) is 0 Å². The van der Waals surface area contributed by atoms with E-state index in [0.29, 0.717) is 6.42 Å². The third-order valence-electron chi connectivity index (χ3n) is 2.75. The molecule has 0 unspecified atom stereocenters. The topological polar surface area (TPSA) is 23.8 Å². The predicted molar refractivity (Wildman–Crippen MR) is 57.4 cm³/mol. The molecular formula is C12H12ClN. The van der Waals surface area contributed by atoms with Gasteiger partial charge in [0.15, 0.2) is 0 Å². The van der Waals surface area contributed by atoms with Crippen molar-refractivity contribution in [2.45, 2.75) is 32.1 Å². The molecule has 1 aliphatic carbocycles. The third kappa shape index (κ3) is 1.76. The van der Waals surface area contributed by atoms with E-state index in [4.69, 9.17) is 16.9 Å². The van der Waals surface area contributed by atoms with Crippen LogP contribution in [0.5, 0.6) is 0 Å². The van der Waals surface area contributed by atoms with Crippen LogP contribution in [-0.4, -0.2) is 0 Å². The molecule has 0 aliphatic heterocycles. The van der Waals surface area contributed by atoms with Crippen LogP contribution in [0.3, 0.4) is 0 Å². The van der Waals surface area contributed by atoms with Crippen molar-refractivity contribution in [1.29, 1.82) is 5.26 Å². The quantitative estimate of drug-likeness (QED) is 0.690. The molecule has 0 bridgehead atoms. The number of aryl methyl sites for hydroxylation is 1. The Balaban J connectivity index is 2.42. The zero-order valence-corrected chi connectivity index (χ0v) is 8.77.